The first kappa shape index (κ1) is 22.6. The highest BCUT2D eigenvalue weighted by Crippen LogP contribution is 2.31. The number of thiol groups is 1. The van der Waals surface area contributed by atoms with E-state index in [-0.39, 0.29) is 25.6 Å². The van der Waals surface area contributed by atoms with Gasteiger partial charge in [0, 0.05) is 11.3 Å². The van der Waals surface area contributed by atoms with Gasteiger partial charge in [-0.05, 0) is 31.0 Å². The molecule has 0 saturated heterocycles. The second-order valence-corrected chi connectivity index (χ2v) is 6.33. The average Bonchev–Trinajstić information content (AvgIpc) is 2.75. The van der Waals surface area contributed by atoms with Crippen LogP contribution in [0, 0.1) is 0 Å². The van der Waals surface area contributed by atoms with Crippen LogP contribution < -0.4 is 10.1 Å². The molecule has 0 aliphatic rings. The van der Waals surface area contributed by atoms with Gasteiger partial charge in [-0.1, -0.05) is 36.4 Å². The molecule has 0 fully saturated rings. The van der Waals surface area contributed by atoms with Crippen LogP contribution >= 0.6 is 12.6 Å². The van der Waals surface area contributed by atoms with Crippen molar-refractivity contribution < 1.29 is 28.9 Å². The Morgan fingerprint density at radius 1 is 1.03 bits per heavy atom. The van der Waals surface area contributed by atoms with Crippen molar-refractivity contribution in [3.05, 3.63) is 60.2 Å². The number of nitrogens with one attached hydrogen (secondary N) is 1. The van der Waals surface area contributed by atoms with E-state index in [2.05, 4.69) is 17.9 Å². The number of carbonyl (C=O) groups is 2. The average molecular weight is 419 g/mol. The van der Waals surface area contributed by atoms with Gasteiger partial charge in [0.05, 0.1) is 19.0 Å². The normalized spacial score (nSPS) is 11.4. The van der Waals surface area contributed by atoms with Crippen LogP contribution in [0.25, 0.3) is 0 Å². The van der Waals surface area contributed by atoms with Gasteiger partial charge in [-0.2, -0.15) is 12.6 Å². The smallest absolute Gasteiger partial charge is 0.412 e. The highest BCUT2D eigenvalue weighted by molar-refractivity contribution is 7.81. The number of benzene rings is 2. The fourth-order valence-corrected chi connectivity index (χ4v) is 2.70. The summed E-state index contributed by atoms with van der Waals surface area (Å²) < 4.78 is 16.3. The predicted octanol–water partition coefficient (Wildman–Crippen LogP) is 3.60. The number of anilines is 1. The van der Waals surface area contributed by atoms with Crippen molar-refractivity contribution in [1.82, 2.24) is 0 Å². The van der Waals surface area contributed by atoms with Crippen LogP contribution in [0.15, 0.2) is 54.6 Å². The van der Waals surface area contributed by atoms with Gasteiger partial charge >= 0.3 is 12.1 Å². The predicted molar refractivity (Wildman–Crippen MR) is 112 cm³/mol. The molecule has 0 unspecified atom stereocenters. The number of hydrogen-bond donors (Lipinski definition) is 3. The molecule has 29 heavy (non-hydrogen) atoms. The lowest BCUT2D eigenvalue weighted by atomic mass is 10.0. The Balaban J connectivity index is 2.08. The fraction of sp³-hybridized carbons (Fsp3) is 0.333. The molecule has 2 aromatic rings. The Labute approximate surface area is 175 Å². The Kier molecular flexibility index (Phi) is 9.88. The van der Waals surface area contributed by atoms with E-state index in [1.165, 1.54) is 0 Å². The summed E-state index contributed by atoms with van der Waals surface area (Å²) >= 11 is 3.86. The zero-order chi connectivity index (χ0) is 20.9. The molecule has 8 heteroatoms. The Hall–Kier alpha value is -2.71. The summed E-state index contributed by atoms with van der Waals surface area (Å²) in [5.41, 5.74) is 1.29. The summed E-state index contributed by atoms with van der Waals surface area (Å²) in [5.74, 6) is 0.128. The quantitative estimate of drug-likeness (QED) is 0.293. The minimum absolute atomic E-state index is 0.0112. The molecule has 0 saturated carbocycles. The minimum Gasteiger partial charge on any atom is -0.491 e. The van der Waals surface area contributed by atoms with Crippen molar-refractivity contribution in [3.8, 4) is 5.75 Å². The first-order chi connectivity index (χ1) is 14.1. The van der Waals surface area contributed by atoms with Crippen molar-refractivity contribution in [2.24, 2.45) is 0 Å². The van der Waals surface area contributed by atoms with Gasteiger partial charge in [0.25, 0.3) is 0 Å². The molecule has 0 spiro atoms. The minimum atomic E-state index is -0.622. The Morgan fingerprint density at radius 3 is 2.48 bits per heavy atom. The number of aliphatic hydroxyl groups is 1. The molecule has 0 radical (unpaired) electrons. The van der Waals surface area contributed by atoms with Crippen LogP contribution in [0.1, 0.15) is 24.5 Å². The third-order valence-corrected chi connectivity index (χ3v) is 4.15. The highest BCUT2D eigenvalue weighted by atomic mass is 32.1. The van der Waals surface area contributed by atoms with E-state index < -0.39 is 18.2 Å². The van der Waals surface area contributed by atoms with Gasteiger partial charge in [-0.15, -0.1) is 0 Å². The summed E-state index contributed by atoms with van der Waals surface area (Å²) in [6.07, 6.45) is -0.326. The van der Waals surface area contributed by atoms with Crippen LogP contribution in [-0.4, -0.2) is 42.7 Å². The largest absolute Gasteiger partial charge is 0.491 e. The van der Waals surface area contributed by atoms with Crippen LogP contribution in [-0.2, 0) is 14.3 Å². The Morgan fingerprint density at radius 2 is 1.76 bits per heavy atom. The zero-order valence-corrected chi connectivity index (χ0v) is 16.8. The Bertz CT molecular complexity index is 771. The molecule has 2 aromatic carbocycles. The summed E-state index contributed by atoms with van der Waals surface area (Å²) in [6.45, 7) is 0.187. The summed E-state index contributed by atoms with van der Waals surface area (Å²) in [6, 6.07) is 16.1. The molecule has 0 bridgehead atoms. The lowest BCUT2D eigenvalue weighted by Crippen LogP contribution is -2.19. The molecule has 0 aromatic heterocycles. The number of aliphatic hydroxyl groups excluding tert-OH is 1. The molecule has 2 rings (SSSR count). The third-order valence-electron chi connectivity index (χ3n) is 3.89. The summed E-state index contributed by atoms with van der Waals surface area (Å²) in [7, 11) is 0. The molecular weight excluding hydrogens is 394 g/mol. The van der Waals surface area contributed by atoms with Gasteiger partial charge in [0.15, 0.2) is 0 Å². The maximum atomic E-state index is 12.4. The number of esters is 1. The van der Waals surface area contributed by atoms with Crippen molar-refractivity contribution in [2.45, 2.75) is 18.9 Å². The molecule has 0 aliphatic carbocycles. The van der Waals surface area contributed by atoms with Crippen molar-refractivity contribution in [2.75, 3.05) is 30.9 Å². The fourth-order valence-electron chi connectivity index (χ4n) is 2.61. The number of para-hydroxylation sites is 2. The van der Waals surface area contributed by atoms with E-state index in [1.807, 2.05) is 12.1 Å². The molecule has 2 N–H and O–H groups in total. The van der Waals surface area contributed by atoms with Crippen LogP contribution in [0.3, 0.4) is 0 Å². The van der Waals surface area contributed by atoms with Crippen LogP contribution in [0.2, 0.25) is 0 Å². The van der Waals surface area contributed by atoms with Crippen molar-refractivity contribution >= 4 is 30.4 Å². The topological polar surface area (TPSA) is 94.1 Å². The van der Waals surface area contributed by atoms with Crippen molar-refractivity contribution in [1.29, 1.82) is 0 Å². The first-order valence-electron chi connectivity index (χ1n) is 9.25. The molecule has 0 aliphatic heterocycles. The summed E-state index contributed by atoms with van der Waals surface area (Å²) in [5, 5.41) is 11.7. The van der Waals surface area contributed by atoms with Gasteiger partial charge < -0.3 is 19.3 Å². The van der Waals surface area contributed by atoms with E-state index in [4.69, 9.17) is 19.3 Å². The lowest BCUT2D eigenvalue weighted by molar-refractivity contribution is -0.140. The SMILES string of the molecule is O=C(CS)OCCC[C@H](OC(=O)Nc1ccccc1)c1ccccc1OCCO. The lowest BCUT2D eigenvalue weighted by Gasteiger charge is -2.21. The summed E-state index contributed by atoms with van der Waals surface area (Å²) in [4.78, 5) is 23.6. The van der Waals surface area contributed by atoms with E-state index in [0.717, 1.165) is 0 Å². The second-order valence-electron chi connectivity index (χ2n) is 6.02. The van der Waals surface area contributed by atoms with E-state index in [1.54, 1.807) is 42.5 Å². The molecule has 1 amide bonds. The number of rotatable bonds is 11. The van der Waals surface area contributed by atoms with E-state index in [0.29, 0.717) is 29.8 Å². The standard InChI is InChI=1S/C21H25NO6S/c23-12-14-26-18-10-5-4-9-17(18)19(11-6-13-27-20(24)15-29)28-21(25)22-16-7-2-1-3-8-16/h1-5,7-10,19,23,29H,6,11-15H2,(H,22,25)/t19-/m0/s1. The van der Waals surface area contributed by atoms with Gasteiger partial charge in [0.2, 0.25) is 0 Å². The van der Waals surface area contributed by atoms with E-state index >= 15 is 0 Å². The molecule has 7 nitrogen and oxygen atoms in total. The van der Waals surface area contributed by atoms with Crippen LogP contribution in [0.4, 0.5) is 10.5 Å². The highest BCUT2D eigenvalue weighted by Gasteiger charge is 2.21. The number of amides is 1. The van der Waals surface area contributed by atoms with Gasteiger partial charge in [0.1, 0.15) is 18.5 Å². The maximum Gasteiger partial charge on any atom is 0.412 e. The molecule has 0 heterocycles. The monoisotopic (exact) mass is 419 g/mol. The molecular formula is C21H25NO6S. The van der Waals surface area contributed by atoms with Crippen LogP contribution in [0.5, 0.6) is 5.75 Å². The van der Waals surface area contributed by atoms with Crippen molar-refractivity contribution in [3.63, 3.8) is 0 Å². The van der Waals surface area contributed by atoms with E-state index in [9.17, 15) is 9.59 Å². The first-order valence-corrected chi connectivity index (χ1v) is 9.89. The molecule has 156 valence electrons. The number of hydrogen-bond acceptors (Lipinski definition) is 7. The third kappa shape index (κ3) is 8.05. The maximum absolute atomic E-state index is 12.4. The molecule has 1 atom stereocenters. The second kappa shape index (κ2) is 12.7. The van der Waals surface area contributed by atoms with Gasteiger partial charge in [-0.3, -0.25) is 10.1 Å². The number of carbonyl (C=O) groups excluding carboxylic acids is 2. The number of ether oxygens (including phenoxy) is 3. The van der Waals surface area contributed by atoms with Gasteiger partial charge in [-0.25, -0.2) is 4.79 Å². The zero-order valence-electron chi connectivity index (χ0n) is 16.0.